The average Bonchev–Trinajstić information content (AvgIpc) is 2.01. The van der Waals surface area contributed by atoms with Crippen molar-refractivity contribution in [2.45, 2.75) is 25.3 Å². The molecule has 0 aliphatic heterocycles. The van der Waals surface area contributed by atoms with Gasteiger partial charge in [-0.2, -0.15) is 21.6 Å². The summed E-state index contributed by atoms with van der Waals surface area (Å²) in [5.74, 6) is 0. The lowest BCUT2D eigenvalue weighted by Crippen LogP contribution is -2.28. The second kappa shape index (κ2) is 5.19. The van der Waals surface area contributed by atoms with Crippen LogP contribution in [0.4, 0.5) is 18.0 Å². The maximum atomic E-state index is 11.7. The van der Waals surface area contributed by atoms with E-state index in [2.05, 4.69) is 8.92 Å². The predicted molar refractivity (Wildman–Crippen MR) is 42.3 cm³/mol. The first-order chi connectivity index (χ1) is 6.70. The fraction of sp³-hybridized carbons (Fsp3) is 0.833. The van der Waals surface area contributed by atoms with Crippen molar-refractivity contribution >= 4 is 16.3 Å². The van der Waals surface area contributed by atoms with E-state index >= 15 is 0 Å². The normalized spacial score (nSPS) is 12.3. The van der Waals surface area contributed by atoms with E-state index in [1.807, 2.05) is 0 Å². The van der Waals surface area contributed by atoms with Crippen LogP contribution in [0.2, 0.25) is 0 Å². The molecule has 0 saturated heterocycles. The van der Waals surface area contributed by atoms with Gasteiger partial charge in [0.15, 0.2) is 0 Å². The maximum absolute atomic E-state index is 11.7. The lowest BCUT2D eigenvalue weighted by Gasteiger charge is -2.07. The molecule has 0 amide bonds. The highest BCUT2D eigenvalue weighted by Gasteiger charge is 2.50. The van der Waals surface area contributed by atoms with Gasteiger partial charge in [0, 0.05) is 0 Å². The SMILES string of the molecule is CCCCOC(=O)OS(=O)(=O)C(F)(F)F. The molecule has 0 aromatic rings. The quantitative estimate of drug-likeness (QED) is 0.329. The monoisotopic (exact) mass is 250 g/mol. The molecule has 0 atom stereocenters. The Morgan fingerprint density at radius 1 is 1.33 bits per heavy atom. The highest BCUT2D eigenvalue weighted by atomic mass is 32.2. The number of hydrogen-bond donors (Lipinski definition) is 0. The van der Waals surface area contributed by atoms with Crippen molar-refractivity contribution in [3.05, 3.63) is 0 Å². The van der Waals surface area contributed by atoms with E-state index in [4.69, 9.17) is 0 Å². The van der Waals surface area contributed by atoms with Crippen molar-refractivity contribution in [3.63, 3.8) is 0 Å². The van der Waals surface area contributed by atoms with E-state index in [9.17, 15) is 26.4 Å². The Bertz CT molecular complexity index is 307. The Hall–Kier alpha value is -0.990. The van der Waals surface area contributed by atoms with E-state index < -0.39 is 21.8 Å². The van der Waals surface area contributed by atoms with Crippen LogP contribution in [0.1, 0.15) is 19.8 Å². The Morgan fingerprint density at radius 2 is 1.87 bits per heavy atom. The van der Waals surface area contributed by atoms with Crippen molar-refractivity contribution in [1.82, 2.24) is 0 Å². The molecule has 0 radical (unpaired) electrons. The van der Waals surface area contributed by atoms with Crippen molar-refractivity contribution in [2.24, 2.45) is 0 Å². The molecule has 0 unspecified atom stereocenters. The lowest BCUT2D eigenvalue weighted by molar-refractivity contribution is -0.0536. The summed E-state index contributed by atoms with van der Waals surface area (Å²) in [5, 5.41) is 0. The summed E-state index contributed by atoms with van der Waals surface area (Å²) in [6, 6.07) is 0. The summed E-state index contributed by atoms with van der Waals surface area (Å²) in [6.07, 6.45) is -0.832. The molecule has 15 heavy (non-hydrogen) atoms. The number of carbonyl (C=O) groups is 1. The van der Waals surface area contributed by atoms with Crippen LogP contribution in [0.3, 0.4) is 0 Å². The molecule has 0 rings (SSSR count). The van der Waals surface area contributed by atoms with Crippen LogP contribution in [0.25, 0.3) is 0 Å². The fourth-order valence-electron chi connectivity index (χ4n) is 0.461. The molecule has 0 aromatic heterocycles. The van der Waals surface area contributed by atoms with Crippen molar-refractivity contribution in [3.8, 4) is 0 Å². The standard InChI is InChI=1S/C6H9F3O5S/c1-2-3-4-13-5(10)14-15(11,12)6(7,8)9/h2-4H2,1H3. The van der Waals surface area contributed by atoms with E-state index in [1.54, 1.807) is 6.92 Å². The number of alkyl halides is 3. The molecule has 90 valence electrons. The number of carbonyl (C=O) groups excluding carboxylic acids is 1. The van der Waals surface area contributed by atoms with Gasteiger partial charge in [0.2, 0.25) is 0 Å². The van der Waals surface area contributed by atoms with Crippen LogP contribution in [0, 0.1) is 0 Å². The zero-order valence-corrected chi connectivity index (χ0v) is 8.52. The van der Waals surface area contributed by atoms with Gasteiger partial charge in [-0.05, 0) is 6.42 Å². The van der Waals surface area contributed by atoms with Gasteiger partial charge in [-0.3, -0.25) is 0 Å². The molecule has 0 N–H and O–H groups in total. The molecule has 0 aliphatic rings. The summed E-state index contributed by atoms with van der Waals surface area (Å²) in [7, 11) is -5.91. The number of ether oxygens (including phenoxy) is 1. The molecule has 9 heteroatoms. The molecule has 0 saturated carbocycles. The first-order valence-electron chi connectivity index (χ1n) is 3.88. The van der Waals surface area contributed by atoms with Crippen LogP contribution in [-0.4, -0.2) is 26.7 Å². The first-order valence-corrected chi connectivity index (χ1v) is 5.29. The van der Waals surface area contributed by atoms with Gasteiger partial charge < -0.3 is 8.92 Å². The van der Waals surface area contributed by atoms with Gasteiger partial charge in [0.25, 0.3) is 0 Å². The second-order valence-electron chi connectivity index (χ2n) is 2.44. The minimum Gasteiger partial charge on any atom is -0.433 e. The van der Waals surface area contributed by atoms with Crippen LogP contribution in [-0.2, 0) is 19.0 Å². The number of rotatable bonds is 4. The fourth-order valence-corrected chi connectivity index (χ4v) is 0.782. The molecule has 0 heterocycles. The maximum Gasteiger partial charge on any atom is 0.534 e. The first kappa shape index (κ1) is 14.0. The van der Waals surface area contributed by atoms with Crippen molar-refractivity contribution in [2.75, 3.05) is 6.61 Å². The highest BCUT2D eigenvalue weighted by Crippen LogP contribution is 2.24. The third kappa shape index (κ3) is 4.86. The number of hydrogen-bond acceptors (Lipinski definition) is 5. The third-order valence-electron chi connectivity index (χ3n) is 1.18. The van der Waals surface area contributed by atoms with E-state index in [0.29, 0.717) is 12.8 Å². The molecule has 0 fully saturated rings. The van der Waals surface area contributed by atoms with E-state index in [0.717, 1.165) is 0 Å². The second-order valence-corrected chi connectivity index (χ2v) is 3.97. The molecule has 0 aliphatic carbocycles. The summed E-state index contributed by atoms with van der Waals surface area (Å²) in [6.45, 7) is 1.56. The van der Waals surface area contributed by atoms with Crippen molar-refractivity contribution in [1.29, 1.82) is 0 Å². The van der Waals surface area contributed by atoms with Crippen molar-refractivity contribution < 1.29 is 35.3 Å². The zero-order valence-electron chi connectivity index (χ0n) is 7.70. The van der Waals surface area contributed by atoms with Gasteiger partial charge >= 0.3 is 21.8 Å². The Labute approximate surface area is 84.3 Å². The third-order valence-corrected chi connectivity index (χ3v) is 2.10. The van der Waals surface area contributed by atoms with Gasteiger partial charge in [0.1, 0.15) is 0 Å². The largest absolute Gasteiger partial charge is 0.534 e. The summed E-state index contributed by atoms with van der Waals surface area (Å²) in [4.78, 5) is 10.5. The van der Waals surface area contributed by atoms with E-state index in [-0.39, 0.29) is 6.61 Å². The average molecular weight is 250 g/mol. The minimum absolute atomic E-state index is 0.192. The van der Waals surface area contributed by atoms with Crippen LogP contribution in [0.15, 0.2) is 0 Å². The van der Waals surface area contributed by atoms with Gasteiger partial charge in [-0.15, -0.1) is 0 Å². The molecule has 0 bridgehead atoms. The van der Waals surface area contributed by atoms with E-state index in [1.165, 1.54) is 0 Å². The van der Waals surface area contributed by atoms with Crippen LogP contribution < -0.4 is 0 Å². The summed E-state index contributed by atoms with van der Waals surface area (Å²) >= 11 is 0. The highest BCUT2D eigenvalue weighted by molar-refractivity contribution is 7.88. The smallest absolute Gasteiger partial charge is 0.433 e. The Kier molecular flexibility index (Phi) is 4.85. The Morgan fingerprint density at radius 3 is 2.27 bits per heavy atom. The number of unbranched alkanes of at least 4 members (excludes halogenated alkanes) is 1. The minimum atomic E-state index is -5.91. The molecule has 0 aromatic carbocycles. The van der Waals surface area contributed by atoms with Crippen LogP contribution in [0.5, 0.6) is 0 Å². The number of halogens is 3. The lowest BCUT2D eigenvalue weighted by atomic mass is 10.4. The molecule has 0 spiro atoms. The topological polar surface area (TPSA) is 69.7 Å². The molecular formula is C6H9F3O5S. The molecule has 5 nitrogen and oxygen atoms in total. The zero-order chi connectivity index (χ0) is 12.1. The van der Waals surface area contributed by atoms with Gasteiger partial charge in [-0.1, -0.05) is 13.3 Å². The summed E-state index contributed by atoms with van der Waals surface area (Å²) < 4.78 is 62.7. The van der Waals surface area contributed by atoms with Gasteiger partial charge in [-0.25, -0.2) is 4.79 Å². The van der Waals surface area contributed by atoms with Gasteiger partial charge in [0.05, 0.1) is 6.61 Å². The Balaban J connectivity index is 4.19. The van der Waals surface area contributed by atoms with Crippen LogP contribution >= 0.6 is 0 Å². The molecular weight excluding hydrogens is 241 g/mol. The predicted octanol–water partition coefficient (Wildman–Crippen LogP) is 1.79. The summed E-state index contributed by atoms with van der Waals surface area (Å²) in [5.41, 5.74) is -5.63.